The molecule has 0 saturated heterocycles. The van der Waals surface area contributed by atoms with Crippen molar-refractivity contribution in [3.05, 3.63) is 35.4 Å². The third-order valence-corrected chi connectivity index (χ3v) is 2.97. The maximum Gasteiger partial charge on any atom is 0.328 e. The molecule has 1 unspecified atom stereocenters. The Morgan fingerprint density at radius 3 is 2.59 bits per heavy atom. The fraction of sp³-hybridized carbons (Fsp3) is 0.417. The van der Waals surface area contributed by atoms with Crippen LogP contribution in [0.1, 0.15) is 25.3 Å². The lowest BCUT2D eigenvalue weighted by Gasteiger charge is -2.27. The molecule has 2 N–H and O–H groups in total. The van der Waals surface area contributed by atoms with Gasteiger partial charge in [0.15, 0.2) is 0 Å². The van der Waals surface area contributed by atoms with Crippen molar-refractivity contribution < 1.29 is 18.7 Å². The number of hydrogen-bond donors (Lipinski definition) is 2. The van der Waals surface area contributed by atoms with Crippen LogP contribution < -0.4 is 5.32 Å². The van der Waals surface area contributed by atoms with Gasteiger partial charge in [-0.05, 0) is 25.8 Å². The molecular weight excluding hydrogens is 228 g/mol. The van der Waals surface area contributed by atoms with Crippen LogP contribution in [-0.2, 0) is 10.3 Å². The van der Waals surface area contributed by atoms with Crippen LogP contribution in [0.15, 0.2) is 18.2 Å². The average molecular weight is 241 g/mol. The predicted octanol–water partition coefficient (Wildman–Crippen LogP) is 2.02. The van der Waals surface area contributed by atoms with Gasteiger partial charge in [-0.1, -0.05) is 6.07 Å². The van der Waals surface area contributed by atoms with Gasteiger partial charge in [-0.2, -0.15) is 0 Å². The van der Waals surface area contributed by atoms with Crippen LogP contribution in [0.3, 0.4) is 0 Å². The molecule has 92 valence electrons. The Kier molecular flexibility index (Phi) is 2.87. The van der Waals surface area contributed by atoms with Crippen molar-refractivity contribution in [2.24, 2.45) is 0 Å². The molecule has 3 nitrogen and oxygen atoms in total. The van der Waals surface area contributed by atoms with Gasteiger partial charge in [0.25, 0.3) is 0 Å². The van der Waals surface area contributed by atoms with Crippen molar-refractivity contribution in [2.75, 3.05) is 0 Å². The number of hydrogen-bond acceptors (Lipinski definition) is 2. The number of aliphatic carboxylic acids is 1. The van der Waals surface area contributed by atoms with Crippen LogP contribution >= 0.6 is 0 Å². The van der Waals surface area contributed by atoms with Gasteiger partial charge in [0.2, 0.25) is 0 Å². The maximum absolute atomic E-state index is 13.6. The highest BCUT2D eigenvalue weighted by atomic mass is 19.1. The number of halogens is 2. The number of carboxylic acids is 1. The van der Waals surface area contributed by atoms with Gasteiger partial charge >= 0.3 is 5.97 Å². The van der Waals surface area contributed by atoms with Crippen LogP contribution in [0.5, 0.6) is 0 Å². The summed E-state index contributed by atoms with van der Waals surface area (Å²) in [5.41, 5.74) is -1.56. The second kappa shape index (κ2) is 4.07. The van der Waals surface area contributed by atoms with Crippen LogP contribution in [0.2, 0.25) is 0 Å². The first-order valence-electron chi connectivity index (χ1n) is 5.40. The Hall–Kier alpha value is -1.49. The fourth-order valence-corrected chi connectivity index (χ4v) is 1.79. The lowest BCUT2D eigenvalue weighted by Crippen LogP contribution is -2.48. The van der Waals surface area contributed by atoms with E-state index in [-0.39, 0.29) is 11.6 Å². The smallest absolute Gasteiger partial charge is 0.328 e. The molecule has 1 fully saturated rings. The van der Waals surface area contributed by atoms with Gasteiger partial charge in [-0.25, -0.2) is 13.6 Å². The minimum absolute atomic E-state index is 0.0432. The van der Waals surface area contributed by atoms with E-state index in [0.717, 1.165) is 18.9 Å². The SMILES string of the molecule is CC(NC1CC1)(C(=O)O)c1ccc(F)cc1F. The van der Waals surface area contributed by atoms with Crippen molar-refractivity contribution in [1.29, 1.82) is 0 Å². The summed E-state index contributed by atoms with van der Waals surface area (Å²) in [6.45, 7) is 1.39. The van der Waals surface area contributed by atoms with E-state index in [2.05, 4.69) is 5.32 Å². The monoisotopic (exact) mass is 241 g/mol. The van der Waals surface area contributed by atoms with E-state index >= 15 is 0 Å². The highest BCUT2D eigenvalue weighted by Crippen LogP contribution is 2.30. The Labute approximate surface area is 97.5 Å². The number of carbonyl (C=O) groups is 1. The molecule has 1 aromatic carbocycles. The van der Waals surface area contributed by atoms with Gasteiger partial charge in [-0.15, -0.1) is 0 Å². The molecular formula is C12H13F2NO2. The van der Waals surface area contributed by atoms with Crippen molar-refractivity contribution in [2.45, 2.75) is 31.3 Å². The largest absolute Gasteiger partial charge is 0.480 e. The lowest BCUT2D eigenvalue weighted by molar-refractivity contribution is -0.144. The fourth-order valence-electron chi connectivity index (χ4n) is 1.79. The van der Waals surface area contributed by atoms with E-state index in [1.807, 2.05) is 0 Å². The second-order valence-electron chi connectivity index (χ2n) is 4.47. The third-order valence-electron chi connectivity index (χ3n) is 2.97. The zero-order chi connectivity index (χ0) is 12.6. The summed E-state index contributed by atoms with van der Waals surface area (Å²) in [5, 5.41) is 12.1. The van der Waals surface area contributed by atoms with Gasteiger partial charge in [0.05, 0.1) is 0 Å². The van der Waals surface area contributed by atoms with Crippen LogP contribution in [-0.4, -0.2) is 17.1 Å². The zero-order valence-corrected chi connectivity index (χ0v) is 9.34. The van der Waals surface area contributed by atoms with Gasteiger partial charge in [-0.3, -0.25) is 5.32 Å². The lowest BCUT2D eigenvalue weighted by atomic mass is 9.91. The molecule has 5 heteroatoms. The molecule has 2 rings (SSSR count). The van der Waals surface area contributed by atoms with Crippen molar-refractivity contribution in [3.8, 4) is 0 Å². The molecule has 17 heavy (non-hydrogen) atoms. The number of benzene rings is 1. The first-order chi connectivity index (χ1) is 7.93. The molecule has 0 aromatic heterocycles. The number of nitrogens with one attached hydrogen (secondary N) is 1. The molecule has 0 aliphatic heterocycles. The number of rotatable bonds is 4. The van der Waals surface area contributed by atoms with E-state index in [4.69, 9.17) is 0 Å². The van der Waals surface area contributed by atoms with Gasteiger partial charge < -0.3 is 5.11 Å². The summed E-state index contributed by atoms with van der Waals surface area (Å²) in [6, 6.07) is 3.04. The predicted molar refractivity (Wildman–Crippen MR) is 57.5 cm³/mol. The first kappa shape index (κ1) is 12.0. The highest BCUT2D eigenvalue weighted by Gasteiger charge is 2.41. The number of carboxylic acid groups (broad SMARTS) is 1. The van der Waals surface area contributed by atoms with E-state index in [0.29, 0.717) is 6.07 Å². The highest BCUT2D eigenvalue weighted by molar-refractivity contribution is 5.80. The van der Waals surface area contributed by atoms with E-state index in [1.165, 1.54) is 13.0 Å². The Morgan fingerprint density at radius 2 is 2.12 bits per heavy atom. The summed E-state index contributed by atoms with van der Waals surface area (Å²) in [5.74, 6) is -2.73. The van der Waals surface area contributed by atoms with E-state index in [1.54, 1.807) is 0 Å². The van der Waals surface area contributed by atoms with Crippen LogP contribution in [0.25, 0.3) is 0 Å². The van der Waals surface area contributed by atoms with Gasteiger partial charge in [0, 0.05) is 17.7 Å². The van der Waals surface area contributed by atoms with Crippen molar-refractivity contribution >= 4 is 5.97 Å². The third kappa shape index (κ3) is 2.29. The van der Waals surface area contributed by atoms with E-state index < -0.39 is 23.1 Å². The minimum atomic E-state index is -1.51. The summed E-state index contributed by atoms with van der Waals surface area (Å²) in [4.78, 5) is 11.3. The summed E-state index contributed by atoms with van der Waals surface area (Å²) >= 11 is 0. The topological polar surface area (TPSA) is 49.3 Å². The second-order valence-corrected chi connectivity index (χ2v) is 4.47. The molecule has 1 saturated carbocycles. The van der Waals surface area contributed by atoms with Gasteiger partial charge in [0.1, 0.15) is 17.2 Å². The average Bonchev–Trinajstić information content (AvgIpc) is 3.00. The Morgan fingerprint density at radius 1 is 1.47 bits per heavy atom. The molecule has 0 radical (unpaired) electrons. The molecule has 0 heterocycles. The first-order valence-corrected chi connectivity index (χ1v) is 5.40. The maximum atomic E-state index is 13.6. The standard InChI is InChI=1S/C12H13F2NO2/c1-12(11(16)17,15-8-3-4-8)9-5-2-7(13)6-10(9)14/h2,5-6,8,15H,3-4H2,1H3,(H,16,17). The molecule has 0 amide bonds. The molecule has 0 bridgehead atoms. The van der Waals surface area contributed by atoms with Crippen molar-refractivity contribution in [1.82, 2.24) is 5.32 Å². The zero-order valence-electron chi connectivity index (χ0n) is 9.34. The van der Waals surface area contributed by atoms with Crippen LogP contribution in [0, 0.1) is 11.6 Å². The minimum Gasteiger partial charge on any atom is -0.480 e. The molecule has 1 atom stereocenters. The van der Waals surface area contributed by atoms with E-state index in [9.17, 15) is 18.7 Å². The van der Waals surface area contributed by atoms with Crippen molar-refractivity contribution in [3.63, 3.8) is 0 Å². The normalized spacial score (nSPS) is 18.8. The molecule has 1 aliphatic carbocycles. The summed E-state index contributed by atoms with van der Waals surface area (Å²) in [7, 11) is 0. The molecule has 0 spiro atoms. The summed E-state index contributed by atoms with van der Waals surface area (Å²) < 4.78 is 26.4. The molecule has 1 aromatic rings. The quantitative estimate of drug-likeness (QED) is 0.847. The Balaban J connectivity index is 2.40. The van der Waals surface area contributed by atoms with Crippen LogP contribution in [0.4, 0.5) is 8.78 Å². The Bertz CT molecular complexity index is 460. The summed E-state index contributed by atoms with van der Waals surface area (Å²) in [6.07, 6.45) is 1.76. The molecule has 1 aliphatic rings.